The second-order valence-corrected chi connectivity index (χ2v) is 4.27. The van der Waals surface area contributed by atoms with Crippen molar-refractivity contribution in [3.8, 4) is 0 Å². The Bertz CT molecular complexity index is 347. The van der Waals surface area contributed by atoms with Crippen molar-refractivity contribution in [3.63, 3.8) is 0 Å². The summed E-state index contributed by atoms with van der Waals surface area (Å²) in [5.41, 5.74) is 4.46. The van der Waals surface area contributed by atoms with Crippen molar-refractivity contribution in [2.45, 2.75) is 33.1 Å². The summed E-state index contributed by atoms with van der Waals surface area (Å²) in [6.07, 6.45) is 8.35. The van der Waals surface area contributed by atoms with Gasteiger partial charge in [0, 0.05) is 0 Å². The molecule has 0 spiro atoms. The molecule has 1 aromatic rings. The molecule has 0 heterocycles. The molecule has 0 fully saturated rings. The highest BCUT2D eigenvalue weighted by Crippen LogP contribution is 2.24. The van der Waals surface area contributed by atoms with E-state index in [4.69, 9.17) is 0 Å². The average Bonchev–Trinajstić information content (AvgIpc) is 2.17. The van der Waals surface area contributed by atoms with Crippen LogP contribution >= 0.6 is 0 Å². The third-order valence-corrected chi connectivity index (χ3v) is 3.16. The van der Waals surface area contributed by atoms with Gasteiger partial charge in [-0.3, -0.25) is 0 Å². The van der Waals surface area contributed by atoms with Crippen LogP contribution in [0.4, 0.5) is 0 Å². The lowest BCUT2D eigenvalue weighted by Gasteiger charge is -2.18. The summed E-state index contributed by atoms with van der Waals surface area (Å²) in [6, 6.07) is 6.84. The van der Waals surface area contributed by atoms with E-state index in [0.29, 0.717) is 5.92 Å². The topological polar surface area (TPSA) is 0 Å². The molecule has 2 rings (SSSR count). The molecule has 0 bridgehead atoms. The van der Waals surface area contributed by atoms with E-state index < -0.39 is 0 Å². The minimum atomic E-state index is 0.695. The number of rotatable bonds is 3. The number of hydrogen-bond acceptors (Lipinski definition) is 0. The SMILES string of the molecule is CCC(C)/C=C/c1ccc2c(c1)CC2. The second-order valence-electron chi connectivity index (χ2n) is 4.27. The molecule has 0 saturated heterocycles. The van der Waals surface area contributed by atoms with Gasteiger partial charge in [0.15, 0.2) is 0 Å². The van der Waals surface area contributed by atoms with Crippen molar-refractivity contribution in [1.29, 1.82) is 0 Å². The Balaban J connectivity index is 2.10. The van der Waals surface area contributed by atoms with E-state index in [9.17, 15) is 0 Å². The highest BCUT2D eigenvalue weighted by atomic mass is 14.2. The van der Waals surface area contributed by atoms with E-state index in [1.807, 2.05) is 0 Å². The molecule has 0 saturated carbocycles. The van der Waals surface area contributed by atoms with Crippen LogP contribution in [0.15, 0.2) is 24.3 Å². The zero-order valence-electron chi connectivity index (χ0n) is 9.09. The van der Waals surface area contributed by atoms with Crippen molar-refractivity contribution in [2.24, 2.45) is 5.92 Å². The second kappa shape index (κ2) is 4.00. The Morgan fingerprint density at radius 3 is 2.64 bits per heavy atom. The molecular formula is C14H18. The maximum Gasteiger partial charge on any atom is -0.0235 e. The molecule has 0 radical (unpaired) electrons. The highest BCUT2D eigenvalue weighted by Gasteiger charge is 2.11. The van der Waals surface area contributed by atoms with Crippen LogP contribution in [0.5, 0.6) is 0 Å². The smallest absolute Gasteiger partial charge is 0.0235 e. The molecule has 0 nitrogen and oxygen atoms in total. The van der Waals surface area contributed by atoms with Crippen molar-refractivity contribution < 1.29 is 0 Å². The van der Waals surface area contributed by atoms with Crippen LogP contribution in [-0.4, -0.2) is 0 Å². The Kier molecular flexibility index (Phi) is 2.72. The van der Waals surface area contributed by atoms with Gasteiger partial charge in [0.2, 0.25) is 0 Å². The summed E-state index contributed by atoms with van der Waals surface area (Å²) in [5, 5.41) is 0. The maximum absolute atomic E-state index is 2.33. The van der Waals surface area contributed by atoms with Gasteiger partial charge in [-0.15, -0.1) is 0 Å². The van der Waals surface area contributed by atoms with Gasteiger partial charge < -0.3 is 0 Å². The summed E-state index contributed by atoms with van der Waals surface area (Å²) in [5.74, 6) is 0.695. The van der Waals surface area contributed by atoms with Crippen LogP contribution in [0.25, 0.3) is 6.08 Å². The van der Waals surface area contributed by atoms with Crippen LogP contribution in [0, 0.1) is 5.92 Å². The Morgan fingerprint density at radius 2 is 2.07 bits per heavy atom. The lowest BCUT2D eigenvalue weighted by Crippen LogP contribution is -2.07. The van der Waals surface area contributed by atoms with E-state index in [0.717, 1.165) is 0 Å². The molecule has 14 heavy (non-hydrogen) atoms. The van der Waals surface area contributed by atoms with Gasteiger partial charge in [0.1, 0.15) is 0 Å². The molecule has 1 unspecified atom stereocenters. The van der Waals surface area contributed by atoms with E-state index in [-0.39, 0.29) is 0 Å². The van der Waals surface area contributed by atoms with E-state index in [1.165, 1.54) is 24.8 Å². The first kappa shape index (κ1) is 9.51. The normalized spacial score (nSPS) is 16.4. The molecule has 74 valence electrons. The van der Waals surface area contributed by atoms with Gasteiger partial charge in [-0.2, -0.15) is 0 Å². The molecule has 0 aliphatic heterocycles. The molecule has 1 aliphatic carbocycles. The maximum atomic E-state index is 2.33. The van der Waals surface area contributed by atoms with Crippen molar-refractivity contribution in [3.05, 3.63) is 41.0 Å². The fourth-order valence-electron chi connectivity index (χ4n) is 1.73. The largest absolute Gasteiger partial charge is 0.0811 e. The van der Waals surface area contributed by atoms with Crippen LogP contribution < -0.4 is 0 Å². The fourth-order valence-corrected chi connectivity index (χ4v) is 1.73. The average molecular weight is 186 g/mol. The molecule has 0 aromatic heterocycles. The quantitative estimate of drug-likeness (QED) is 0.672. The summed E-state index contributed by atoms with van der Waals surface area (Å²) >= 11 is 0. The standard InChI is InChI=1S/C14H18/c1-3-11(2)4-5-12-6-7-13-8-9-14(13)10-12/h4-7,10-11H,3,8-9H2,1-2H3/b5-4+. The zero-order chi connectivity index (χ0) is 9.97. The molecule has 0 N–H and O–H groups in total. The summed E-state index contributed by atoms with van der Waals surface area (Å²) in [7, 11) is 0. The van der Waals surface area contributed by atoms with Crippen LogP contribution in [0.3, 0.4) is 0 Å². The zero-order valence-corrected chi connectivity index (χ0v) is 9.09. The molecule has 0 amide bonds. The Morgan fingerprint density at radius 1 is 1.29 bits per heavy atom. The first-order chi connectivity index (χ1) is 6.79. The first-order valence-corrected chi connectivity index (χ1v) is 5.59. The predicted molar refractivity (Wildman–Crippen MR) is 62.3 cm³/mol. The lowest BCUT2D eigenvalue weighted by atomic mass is 9.87. The third-order valence-electron chi connectivity index (χ3n) is 3.16. The number of aryl methyl sites for hydroxylation is 2. The van der Waals surface area contributed by atoms with Crippen LogP contribution in [-0.2, 0) is 12.8 Å². The van der Waals surface area contributed by atoms with E-state index >= 15 is 0 Å². The van der Waals surface area contributed by atoms with Gasteiger partial charge in [-0.25, -0.2) is 0 Å². The van der Waals surface area contributed by atoms with Crippen LogP contribution in [0.1, 0.15) is 37.0 Å². The summed E-state index contributed by atoms with van der Waals surface area (Å²) < 4.78 is 0. The van der Waals surface area contributed by atoms with Gasteiger partial charge in [0.05, 0.1) is 0 Å². The molecule has 1 atom stereocenters. The van der Waals surface area contributed by atoms with Crippen molar-refractivity contribution >= 4 is 6.08 Å². The Labute approximate surface area is 86.7 Å². The fraction of sp³-hybridized carbons (Fsp3) is 0.429. The molecule has 1 aliphatic rings. The number of fused-ring (bicyclic) bond motifs is 1. The minimum Gasteiger partial charge on any atom is -0.0811 e. The number of allylic oxidation sites excluding steroid dienone is 1. The predicted octanol–water partition coefficient (Wildman–Crippen LogP) is 3.84. The first-order valence-electron chi connectivity index (χ1n) is 5.59. The van der Waals surface area contributed by atoms with Gasteiger partial charge >= 0.3 is 0 Å². The van der Waals surface area contributed by atoms with E-state index in [2.05, 4.69) is 44.2 Å². The Hall–Kier alpha value is -1.04. The summed E-state index contributed by atoms with van der Waals surface area (Å²) in [6.45, 7) is 4.49. The molecular weight excluding hydrogens is 168 g/mol. The third kappa shape index (κ3) is 1.89. The monoisotopic (exact) mass is 186 g/mol. The molecule has 1 aromatic carbocycles. The van der Waals surface area contributed by atoms with Crippen LogP contribution in [0.2, 0.25) is 0 Å². The number of hydrogen-bond donors (Lipinski definition) is 0. The number of benzene rings is 1. The minimum absolute atomic E-state index is 0.695. The van der Waals surface area contributed by atoms with Crippen molar-refractivity contribution in [2.75, 3.05) is 0 Å². The van der Waals surface area contributed by atoms with E-state index in [1.54, 1.807) is 11.1 Å². The highest BCUT2D eigenvalue weighted by molar-refractivity contribution is 5.53. The van der Waals surface area contributed by atoms with Gasteiger partial charge in [0.25, 0.3) is 0 Å². The van der Waals surface area contributed by atoms with Gasteiger partial charge in [-0.1, -0.05) is 50.6 Å². The molecule has 0 heteroatoms. The van der Waals surface area contributed by atoms with Gasteiger partial charge in [-0.05, 0) is 35.4 Å². The van der Waals surface area contributed by atoms with Crippen molar-refractivity contribution in [1.82, 2.24) is 0 Å². The summed E-state index contributed by atoms with van der Waals surface area (Å²) in [4.78, 5) is 0. The lowest BCUT2D eigenvalue weighted by molar-refractivity contribution is 0.701.